The molecule has 3 aromatic heterocycles. The zero-order valence-electron chi connectivity index (χ0n) is 25.7. The number of aromatic nitrogens is 4. The van der Waals surface area contributed by atoms with Crippen molar-refractivity contribution in [2.24, 2.45) is 0 Å². The van der Waals surface area contributed by atoms with Crippen LogP contribution in [-0.4, -0.2) is 26.3 Å². The molecule has 0 aliphatic rings. The lowest BCUT2D eigenvalue weighted by atomic mass is 10.1. The van der Waals surface area contributed by atoms with Gasteiger partial charge in [0.1, 0.15) is 5.69 Å². The number of para-hydroxylation sites is 3. The van der Waals surface area contributed by atoms with Crippen molar-refractivity contribution in [2.45, 2.75) is 0 Å². The molecular formula is C41H30N6. The molecule has 6 aromatic carbocycles. The van der Waals surface area contributed by atoms with Gasteiger partial charge in [-0.2, -0.15) is 0 Å². The number of nitrogens with zero attached hydrogens (tertiary/aromatic N) is 4. The second kappa shape index (κ2) is 10.9. The van der Waals surface area contributed by atoms with E-state index in [2.05, 4.69) is 123 Å². The molecule has 9 rings (SSSR count). The van der Waals surface area contributed by atoms with Crippen LogP contribution in [0.4, 0.5) is 11.5 Å². The Morgan fingerprint density at radius 2 is 1.13 bits per heavy atom. The van der Waals surface area contributed by atoms with Gasteiger partial charge in [-0.15, -0.1) is 0 Å². The third kappa shape index (κ3) is 4.26. The Morgan fingerprint density at radius 3 is 1.85 bits per heavy atom. The summed E-state index contributed by atoms with van der Waals surface area (Å²) in [7, 11) is 1.92. The monoisotopic (exact) mass is 606 g/mol. The van der Waals surface area contributed by atoms with E-state index in [1.54, 1.807) is 0 Å². The molecule has 3 heterocycles. The second-order valence-electron chi connectivity index (χ2n) is 11.6. The van der Waals surface area contributed by atoms with Crippen molar-refractivity contribution in [2.75, 3.05) is 17.8 Å². The zero-order valence-corrected chi connectivity index (χ0v) is 25.7. The van der Waals surface area contributed by atoms with Crippen molar-refractivity contribution in [3.05, 3.63) is 152 Å². The zero-order chi connectivity index (χ0) is 31.3. The van der Waals surface area contributed by atoms with E-state index in [9.17, 15) is 0 Å². The number of rotatable bonds is 6. The third-order valence-corrected chi connectivity index (χ3v) is 8.94. The van der Waals surface area contributed by atoms with E-state index in [-0.39, 0.29) is 0 Å². The molecule has 6 nitrogen and oxygen atoms in total. The Balaban J connectivity index is 1.35. The Labute approximate surface area is 271 Å². The van der Waals surface area contributed by atoms with E-state index in [1.165, 1.54) is 27.2 Å². The first-order chi connectivity index (χ1) is 23.3. The smallest absolute Gasteiger partial charge is 0.173 e. The highest BCUT2D eigenvalue weighted by atomic mass is 15.4. The molecule has 0 fully saturated rings. The Kier molecular flexibility index (Phi) is 6.25. The van der Waals surface area contributed by atoms with Gasteiger partial charge >= 0.3 is 0 Å². The summed E-state index contributed by atoms with van der Waals surface area (Å²) in [5.41, 5.74) is 13.0. The largest absolute Gasteiger partial charge is 0.383 e. The van der Waals surface area contributed by atoms with Gasteiger partial charge in [-0.25, -0.2) is 9.97 Å². The number of anilines is 2. The van der Waals surface area contributed by atoms with Crippen LogP contribution < -0.4 is 10.7 Å². The van der Waals surface area contributed by atoms with Crippen molar-refractivity contribution in [3.8, 4) is 28.3 Å². The number of fused-ring (bicyclic) bond motifs is 7. The fourth-order valence-corrected chi connectivity index (χ4v) is 6.88. The van der Waals surface area contributed by atoms with Crippen molar-refractivity contribution in [3.63, 3.8) is 0 Å². The SMILES string of the molecule is CNc1c(Nn2c3ccccc3c3c2ccc2c4ccccc4n(-c4ccccc4)c23)nc(-c2ccccc2)nc1-c1ccccc1. The molecule has 6 heteroatoms. The lowest BCUT2D eigenvalue weighted by molar-refractivity contribution is 1.02. The van der Waals surface area contributed by atoms with Gasteiger partial charge < -0.3 is 9.88 Å². The summed E-state index contributed by atoms with van der Waals surface area (Å²) in [5.74, 6) is 1.34. The van der Waals surface area contributed by atoms with Gasteiger partial charge in [0.25, 0.3) is 0 Å². The molecule has 9 aromatic rings. The predicted octanol–water partition coefficient (Wildman–Crippen LogP) is 9.93. The number of hydrogen-bond donors (Lipinski definition) is 2. The fraction of sp³-hybridized carbons (Fsp3) is 0.0244. The van der Waals surface area contributed by atoms with Crippen LogP contribution in [0.25, 0.3) is 71.9 Å². The minimum Gasteiger partial charge on any atom is -0.383 e. The molecule has 0 amide bonds. The Bertz CT molecular complexity index is 2570. The number of benzene rings is 6. The summed E-state index contributed by atoms with van der Waals surface area (Å²) in [4.78, 5) is 10.2. The molecule has 0 bridgehead atoms. The Hall–Kier alpha value is -6.40. The molecular weight excluding hydrogens is 576 g/mol. The van der Waals surface area contributed by atoms with Gasteiger partial charge in [0, 0.05) is 45.4 Å². The van der Waals surface area contributed by atoms with Gasteiger partial charge in [-0.1, -0.05) is 121 Å². The highest BCUT2D eigenvalue weighted by molar-refractivity contribution is 6.25. The minimum atomic E-state index is 0.651. The van der Waals surface area contributed by atoms with Crippen LogP contribution >= 0.6 is 0 Å². The molecule has 0 unspecified atom stereocenters. The van der Waals surface area contributed by atoms with E-state index in [0.29, 0.717) is 11.6 Å². The molecule has 0 atom stereocenters. The third-order valence-electron chi connectivity index (χ3n) is 8.94. The average molecular weight is 607 g/mol. The molecule has 0 spiro atoms. The molecule has 2 N–H and O–H groups in total. The van der Waals surface area contributed by atoms with Gasteiger partial charge in [0.15, 0.2) is 11.6 Å². The lowest BCUT2D eigenvalue weighted by Gasteiger charge is -2.18. The molecule has 47 heavy (non-hydrogen) atoms. The van der Waals surface area contributed by atoms with Gasteiger partial charge in [-0.3, -0.25) is 10.1 Å². The maximum Gasteiger partial charge on any atom is 0.173 e. The topological polar surface area (TPSA) is 59.7 Å². The van der Waals surface area contributed by atoms with Crippen LogP contribution in [-0.2, 0) is 0 Å². The second-order valence-corrected chi connectivity index (χ2v) is 11.6. The van der Waals surface area contributed by atoms with Crippen molar-refractivity contribution in [1.29, 1.82) is 0 Å². The first-order valence-corrected chi connectivity index (χ1v) is 15.8. The van der Waals surface area contributed by atoms with Crippen LogP contribution in [0.1, 0.15) is 0 Å². The maximum absolute atomic E-state index is 5.14. The van der Waals surface area contributed by atoms with E-state index >= 15 is 0 Å². The summed E-state index contributed by atoms with van der Waals surface area (Å²) in [6.07, 6.45) is 0. The fourth-order valence-electron chi connectivity index (χ4n) is 6.88. The standard InChI is InChI=1S/C41H30N6/c1-42-38-37(27-15-5-2-6-16-27)43-40(28-17-7-3-8-18-28)44-41(38)45-47-34-24-14-12-22-32(34)36-35(47)26-25-31-30-21-11-13-23-33(30)46(39(31)36)29-19-9-4-10-20-29/h2-26,42H,1H3,(H,43,44,45). The average Bonchev–Trinajstić information content (AvgIpc) is 3.65. The summed E-state index contributed by atoms with van der Waals surface area (Å²) in [6, 6.07) is 52.8. The van der Waals surface area contributed by atoms with Gasteiger partial charge in [0.2, 0.25) is 0 Å². The molecule has 0 aliphatic heterocycles. The van der Waals surface area contributed by atoms with Crippen molar-refractivity contribution in [1.82, 2.24) is 19.2 Å². The molecule has 224 valence electrons. The summed E-state index contributed by atoms with van der Waals surface area (Å²) in [6.45, 7) is 0. The summed E-state index contributed by atoms with van der Waals surface area (Å²) >= 11 is 0. The first-order valence-electron chi connectivity index (χ1n) is 15.8. The predicted molar refractivity (Wildman–Crippen MR) is 195 cm³/mol. The van der Waals surface area contributed by atoms with Crippen molar-refractivity contribution >= 4 is 55.1 Å². The van der Waals surface area contributed by atoms with E-state index in [1.807, 2.05) is 55.6 Å². The number of hydrogen-bond acceptors (Lipinski definition) is 4. The number of nitrogens with one attached hydrogen (secondary N) is 2. The highest BCUT2D eigenvalue weighted by Gasteiger charge is 2.22. The summed E-state index contributed by atoms with van der Waals surface area (Å²) < 4.78 is 4.57. The quantitative estimate of drug-likeness (QED) is 0.198. The van der Waals surface area contributed by atoms with Crippen LogP contribution in [0.15, 0.2) is 152 Å². The van der Waals surface area contributed by atoms with Gasteiger partial charge in [0.05, 0.1) is 27.8 Å². The molecule has 0 aliphatic carbocycles. The summed E-state index contributed by atoms with van der Waals surface area (Å²) in [5, 5.41) is 8.21. The first kappa shape index (κ1) is 27.0. The maximum atomic E-state index is 5.14. The molecule has 0 radical (unpaired) electrons. The minimum absolute atomic E-state index is 0.651. The van der Waals surface area contributed by atoms with Crippen LogP contribution in [0.2, 0.25) is 0 Å². The van der Waals surface area contributed by atoms with Crippen LogP contribution in [0, 0.1) is 0 Å². The van der Waals surface area contributed by atoms with E-state index < -0.39 is 0 Å². The van der Waals surface area contributed by atoms with Gasteiger partial charge in [-0.05, 0) is 30.3 Å². The highest BCUT2D eigenvalue weighted by Crippen LogP contribution is 2.41. The van der Waals surface area contributed by atoms with Crippen molar-refractivity contribution < 1.29 is 0 Å². The molecule has 0 saturated carbocycles. The lowest BCUT2D eigenvalue weighted by Crippen LogP contribution is -2.14. The molecule has 0 saturated heterocycles. The normalized spacial score (nSPS) is 11.5. The van der Waals surface area contributed by atoms with Crippen LogP contribution in [0.3, 0.4) is 0 Å². The van der Waals surface area contributed by atoms with E-state index in [4.69, 9.17) is 9.97 Å². The van der Waals surface area contributed by atoms with E-state index in [0.717, 1.165) is 44.6 Å². The Morgan fingerprint density at radius 1 is 0.511 bits per heavy atom. The van der Waals surface area contributed by atoms with Crippen LogP contribution in [0.5, 0.6) is 0 Å².